The molecule has 0 saturated carbocycles. The van der Waals surface area contributed by atoms with E-state index in [9.17, 15) is 0 Å². The lowest BCUT2D eigenvalue weighted by molar-refractivity contribution is 0.297. The highest BCUT2D eigenvalue weighted by Gasteiger charge is 2.12. The standard InChI is InChI=1S/C22H19BrClN3O.BrH/c23-17-8-2-1-7-16(17)15-27-20-11-5-4-10-19(20)26(22(27)25)13-14-28-21-12-6-3-9-18(21)24;/h1-12,25H,13-15H2;1H. The lowest BCUT2D eigenvalue weighted by Gasteiger charge is -2.09. The van der Waals surface area contributed by atoms with Gasteiger partial charge in [-0.3, -0.25) is 5.41 Å². The maximum absolute atomic E-state index is 8.75. The molecule has 1 heterocycles. The first-order valence-electron chi connectivity index (χ1n) is 8.98. The Balaban J connectivity index is 0.00000240. The van der Waals surface area contributed by atoms with E-state index in [2.05, 4.69) is 28.1 Å². The van der Waals surface area contributed by atoms with Crippen molar-refractivity contribution in [2.24, 2.45) is 0 Å². The molecule has 0 unspecified atom stereocenters. The Hall–Kier alpha value is -2.02. The summed E-state index contributed by atoms with van der Waals surface area (Å²) >= 11 is 9.77. The van der Waals surface area contributed by atoms with Crippen molar-refractivity contribution in [2.75, 3.05) is 6.61 Å². The average molecular weight is 538 g/mol. The number of nitrogens with zero attached hydrogens (tertiary/aromatic N) is 2. The molecule has 0 aliphatic rings. The molecule has 0 atom stereocenters. The van der Waals surface area contributed by atoms with E-state index in [-0.39, 0.29) is 17.0 Å². The van der Waals surface area contributed by atoms with E-state index in [0.29, 0.717) is 36.1 Å². The van der Waals surface area contributed by atoms with Gasteiger partial charge in [-0.25, -0.2) is 0 Å². The van der Waals surface area contributed by atoms with E-state index in [1.807, 2.05) is 69.8 Å². The molecule has 1 N–H and O–H groups in total. The second-order valence-electron chi connectivity index (χ2n) is 6.42. The summed E-state index contributed by atoms with van der Waals surface area (Å²) in [5, 5.41) is 9.34. The van der Waals surface area contributed by atoms with Gasteiger partial charge in [-0.15, -0.1) is 17.0 Å². The number of imidazole rings is 1. The minimum atomic E-state index is 0. The Morgan fingerprint density at radius 1 is 0.862 bits per heavy atom. The number of nitrogens with one attached hydrogen (secondary N) is 1. The highest BCUT2D eigenvalue weighted by Crippen LogP contribution is 2.23. The van der Waals surface area contributed by atoms with E-state index in [1.54, 1.807) is 0 Å². The van der Waals surface area contributed by atoms with Gasteiger partial charge in [0.25, 0.3) is 0 Å². The zero-order chi connectivity index (χ0) is 19.5. The minimum Gasteiger partial charge on any atom is -0.490 e. The van der Waals surface area contributed by atoms with Crippen LogP contribution in [0.1, 0.15) is 5.56 Å². The largest absolute Gasteiger partial charge is 0.490 e. The molecular formula is C22H20Br2ClN3O. The first kappa shape index (κ1) is 21.7. The lowest BCUT2D eigenvalue weighted by Crippen LogP contribution is -2.27. The zero-order valence-corrected chi connectivity index (χ0v) is 19.6. The van der Waals surface area contributed by atoms with Crippen molar-refractivity contribution in [3.63, 3.8) is 0 Å². The topological polar surface area (TPSA) is 42.9 Å². The molecular weight excluding hydrogens is 518 g/mol. The number of rotatable bonds is 6. The van der Waals surface area contributed by atoms with Crippen LogP contribution >= 0.6 is 44.5 Å². The fourth-order valence-electron chi connectivity index (χ4n) is 3.29. The summed E-state index contributed by atoms with van der Waals surface area (Å²) in [5.41, 5.74) is 3.62. The van der Waals surface area contributed by atoms with Gasteiger partial charge in [0.2, 0.25) is 5.62 Å². The van der Waals surface area contributed by atoms with E-state index >= 15 is 0 Å². The van der Waals surface area contributed by atoms with E-state index in [1.165, 1.54) is 0 Å². The van der Waals surface area contributed by atoms with Gasteiger partial charge in [0.1, 0.15) is 12.4 Å². The van der Waals surface area contributed by atoms with Crippen LogP contribution in [0, 0.1) is 5.41 Å². The van der Waals surface area contributed by atoms with Crippen LogP contribution in [-0.4, -0.2) is 15.7 Å². The van der Waals surface area contributed by atoms with E-state index in [0.717, 1.165) is 21.1 Å². The highest BCUT2D eigenvalue weighted by atomic mass is 79.9. The van der Waals surface area contributed by atoms with Crippen LogP contribution in [0.3, 0.4) is 0 Å². The fourth-order valence-corrected chi connectivity index (χ4v) is 3.89. The summed E-state index contributed by atoms with van der Waals surface area (Å²) in [6, 6.07) is 23.6. The summed E-state index contributed by atoms with van der Waals surface area (Å²) in [6.45, 7) is 1.62. The van der Waals surface area contributed by atoms with Crippen LogP contribution in [0.4, 0.5) is 0 Å². The first-order valence-corrected chi connectivity index (χ1v) is 10.2. The molecule has 0 bridgehead atoms. The fraction of sp³-hybridized carbons (Fsp3) is 0.136. The van der Waals surface area contributed by atoms with Crippen molar-refractivity contribution in [3.05, 3.63) is 93.5 Å². The number of fused-ring (bicyclic) bond motifs is 1. The van der Waals surface area contributed by atoms with Crippen molar-refractivity contribution >= 4 is 55.5 Å². The Kier molecular flexibility index (Phi) is 7.22. The predicted octanol–water partition coefficient (Wildman–Crippen LogP) is 6.04. The van der Waals surface area contributed by atoms with Crippen LogP contribution in [-0.2, 0) is 13.1 Å². The van der Waals surface area contributed by atoms with Crippen LogP contribution in [0.5, 0.6) is 5.75 Å². The molecule has 1 aromatic heterocycles. The van der Waals surface area contributed by atoms with Gasteiger partial charge in [0.15, 0.2) is 0 Å². The number of aromatic nitrogens is 2. The van der Waals surface area contributed by atoms with Gasteiger partial charge in [0.05, 0.1) is 29.1 Å². The van der Waals surface area contributed by atoms with Gasteiger partial charge in [-0.1, -0.05) is 70.0 Å². The minimum absolute atomic E-state index is 0. The molecule has 0 saturated heterocycles. The van der Waals surface area contributed by atoms with Crippen LogP contribution < -0.4 is 10.4 Å². The maximum Gasteiger partial charge on any atom is 0.203 e. The SMILES string of the molecule is Br.N=c1n(CCOc2ccccc2Cl)c2ccccc2n1Cc1ccccc1Br. The molecule has 29 heavy (non-hydrogen) atoms. The molecule has 7 heteroatoms. The van der Waals surface area contributed by atoms with Crippen LogP contribution in [0.2, 0.25) is 5.02 Å². The Labute approximate surface area is 193 Å². The Morgan fingerprint density at radius 3 is 2.21 bits per heavy atom. The molecule has 0 fully saturated rings. The molecule has 0 radical (unpaired) electrons. The van der Waals surface area contributed by atoms with Crippen molar-refractivity contribution in [3.8, 4) is 5.75 Å². The number of ether oxygens (including phenoxy) is 1. The smallest absolute Gasteiger partial charge is 0.203 e. The third-order valence-corrected chi connectivity index (χ3v) is 5.76. The zero-order valence-electron chi connectivity index (χ0n) is 15.5. The third-order valence-electron chi connectivity index (χ3n) is 4.67. The molecule has 0 aliphatic heterocycles. The van der Waals surface area contributed by atoms with Gasteiger partial charge < -0.3 is 13.9 Å². The van der Waals surface area contributed by atoms with Gasteiger partial charge in [0, 0.05) is 4.47 Å². The van der Waals surface area contributed by atoms with E-state index < -0.39 is 0 Å². The second kappa shape index (κ2) is 9.65. The molecule has 0 amide bonds. The quantitative estimate of drug-likeness (QED) is 0.320. The first-order chi connectivity index (χ1) is 13.6. The molecule has 0 aliphatic carbocycles. The molecule has 0 spiro atoms. The number of halogens is 3. The Morgan fingerprint density at radius 2 is 1.48 bits per heavy atom. The van der Waals surface area contributed by atoms with Crippen molar-refractivity contribution in [1.29, 1.82) is 5.41 Å². The molecule has 3 aromatic carbocycles. The number of benzene rings is 3. The highest BCUT2D eigenvalue weighted by molar-refractivity contribution is 9.10. The van der Waals surface area contributed by atoms with Gasteiger partial charge >= 0.3 is 0 Å². The average Bonchev–Trinajstić information content (AvgIpc) is 2.97. The van der Waals surface area contributed by atoms with Crippen LogP contribution in [0.25, 0.3) is 11.0 Å². The summed E-state index contributed by atoms with van der Waals surface area (Å²) in [7, 11) is 0. The Bertz CT molecular complexity index is 1190. The maximum atomic E-state index is 8.75. The predicted molar refractivity (Wildman–Crippen MR) is 126 cm³/mol. The van der Waals surface area contributed by atoms with Crippen LogP contribution in [0.15, 0.2) is 77.3 Å². The molecule has 150 valence electrons. The normalized spacial score (nSPS) is 10.7. The van der Waals surface area contributed by atoms with Crippen molar-refractivity contribution in [1.82, 2.24) is 9.13 Å². The second-order valence-corrected chi connectivity index (χ2v) is 7.68. The number of hydrogen-bond acceptors (Lipinski definition) is 2. The molecule has 4 nitrogen and oxygen atoms in total. The molecule has 4 aromatic rings. The van der Waals surface area contributed by atoms with Crippen molar-refractivity contribution in [2.45, 2.75) is 13.1 Å². The summed E-state index contributed by atoms with van der Waals surface area (Å²) in [4.78, 5) is 0. The lowest BCUT2D eigenvalue weighted by atomic mass is 10.2. The van der Waals surface area contributed by atoms with E-state index in [4.69, 9.17) is 21.7 Å². The summed E-state index contributed by atoms with van der Waals surface area (Å²) in [6.07, 6.45) is 0. The monoisotopic (exact) mass is 535 g/mol. The molecule has 4 rings (SSSR count). The number of hydrogen-bond donors (Lipinski definition) is 1. The number of para-hydroxylation sites is 3. The van der Waals surface area contributed by atoms with Gasteiger partial charge in [-0.05, 0) is 35.9 Å². The third kappa shape index (κ3) is 4.60. The van der Waals surface area contributed by atoms with Gasteiger partial charge in [-0.2, -0.15) is 0 Å². The summed E-state index contributed by atoms with van der Waals surface area (Å²) < 4.78 is 10.9. The van der Waals surface area contributed by atoms with Crippen molar-refractivity contribution < 1.29 is 4.74 Å². The summed E-state index contributed by atoms with van der Waals surface area (Å²) in [5.74, 6) is 0.660.